The van der Waals surface area contributed by atoms with E-state index in [1.165, 1.54) is 12.8 Å². The van der Waals surface area contributed by atoms with Crippen LogP contribution >= 0.6 is 11.6 Å². The minimum Gasteiger partial charge on any atom is -0.382 e. The molecule has 1 fully saturated rings. The first-order chi connectivity index (χ1) is 10.5. The van der Waals surface area contributed by atoms with Crippen LogP contribution in [0.3, 0.4) is 0 Å². The number of hydrazone groups is 1. The molecule has 0 amide bonds. The van der Waals surface area contributed by atoms with E-state index in [1.54, 1.807) is 12.1 Å². The number of nitriles is 1. The van der Waals surface area contributed by atoms with Gasteiger partial charge in [-0.25, -0.2) is 0 Å². The molecule has 1 unspecified atom stereocenters. The Balaban J connectivity index is 2.13. The fourth-order valence-corrected chi connectivity index (χ4v) is 2.81. The highest BCUT2D eigenvalue weighted by Crippen LogP contribution is 2.31. The number of nitrogens with one attached hydrogen (secondary N) is 2. The SMILES string of the molecule is CC1CCCN(c2ccc(N/N=C(\C#N)C(=N)N)cc2Cl)C1. The van der Waals surface area contributed by atoms with Crippen LogP contribution in [0.1, 0.15) is 19.8 Å². The van der Waals surface area contributed by atoms with Gasteiger partial charge in [0.2, 0.25) is 5.71 Å². The van der Waals surface area contributed by atoms with Crippen LogP contribution < -0.4 is 16.1 Å². The Labute approximate surface area is 135 Å². The van der Waals surface area contributed by atoms with Crippen molar-refractivity contribution >= 4 is 34.5 Å². The lowest BCUT2D eigenvalue weighted by molar-refractivity contribution is 0.447. The molecule has 0 radical (unpaired) electrons. The molecular formula is C15H19ClN6. The minimum atomic E-state index is -0.375. The number of hydrogen-bond acceptors (Lipinski definition) is 5. The average Bonchev–Trinajstić information content (AvgIpc) is 2.47. The summed E-state index contributed by atoms with van der Waals surface area (Å²) in [6.07, 6.45) is 2.43. The molecule has 0 saturated carbocycles. The lowest BCUT2D eigenvalue weighted by Gasteiger charge is -2.33. The normalized spacial score (nSPS) is 18.7. The molecule has 1 aliphatic rings. The topological polar surface area (TPSA) is 101 Å². The molecule has 4 N–H and O–H groups in total. The summed E-state index contributed by atoms with van der Waals surface area (Å²) in [7, 11) is 0. The Morgan fingerprint density at radius 2 is 2.36 bits per heavy atom. The van der Waals surface area contributed by atoms with E-state index in [9.17, 15) is 0 Å². The van der Waals surface area contributed by atoms with Gasteiger partial charge in [-0.2, -0.15) is 10.4 Å². The number of halogens is 1. The molecule has 0 spiro atoms. The third kappa shape index (κ3) is 3.89. The highest BCUT2D eigenvalue weighted by Gasteiger charge is 2.18. The molecule has 1 saturated heterocycles. The lowest BCUT2D eigenvalue weighted by Crippen LogP contribution is -2.34. The van der Waals surface area contributed by atoms with Gasteiger partial charge < -0.3 is 10.6 Å². The maximum atomic E-state index is 8.79. The van der Waals surface area contributed by atoms with Crippen LogP contribution in [-0.4, -0.2) is 24.6 Å². The first kappa shape index (κ1) is 16.1. The molecular weight excluding hydrogens is 300 g/mol. The third-order valence-corrected chi connectivity index (χ3v) is 3.91. The van der Waals surface area contributed by atoms with Crippen LogP contribution in [0.15, 0.2) is 23.3 Å². The van der Waals surface area contributed by atoms with Crippen molar-refractivity contribution in [3.63, 3.8) is 0 Å². The smallest absolute Gasteiger partial charge is 0.201 e. The first-order valence-electron chi connectivity index (χ1n) is 7.14. The van der Waals surface area contributed by atoms with Crippen LogP contribution in [0.4, 0.5) is 11.4 Å². The molecule has 22 heavy (non-hydrogen) atoms. The Kier molecular flexibility index (Phi) is 5.23. The summed E-state index contributed by atoms with van der Waals surface area (Å²) in [6, 6.07) is 7.30. The second kappa shape index (κ2) is 7.14. The Bertz CT molecular complexity index is 633. The van der Waals surface area contributed by atoms with Crippen molar-refractivity contribution in [1.29, 1.82) is 10.7 Å². The molecule has 116 valence electrons. The Morgan fingerprint density at radius 3 is 2.95 bits per heavy atom. The largest absolute Gasteiger partial charge is 0.382 e. The van der Waals surface area contributed by atoms with Gasteiger partial charge in [-0.3, -0.25) is 10.8 Å². The molecule has 1 heterocycles. The van der Waals surface area contributed by atoms with Gasteiger partial charge in [0.25, 0.3) is 0 Å². The standard InChI is InChI=1S/C15H19ClN6/c1-10-3-2-6-22(9-10)14-5-4-11(7-12(14)16)20-21-13(8-17)15(18)19/h4-5,7,10,20H,2-3,6,9H2,1H3,(H3,18,19)/b21-13+. The Morgan fingerprint density at radius 1 is 1.59 bits per heavy atom. The maximum absolute atomic E-state index is 8.79. The second-order valence-electron chi connectivity index (χ2n) is 5.46. The van der Waals surface area contributed by atoms with Gasteiger partial charge in [0.15, 0.2) is 5.84 Å². The summed E-state index contributed by atoms with van der Waals surface area (Å²) >= 11 is 6.36. The van der Waals surface area contributed by atoms with E-state index < -0.39 is 0 Å². The van der Waals surface area contributed by atoms with Crippen LogP contribution in [0, 0.1) is 22.7 Å². The number of anilines is 2. The van der Waals surface area contributed by atoms with E-state index in [0.717, 1.165) is 18.8 Å². The number of hydrogen-bond donors (Lipinski definition) is 3. The highest BCUT2D eigenvalue weighted by molar-refractivity contribution is 6.45. The van der Waals surface area contributed by atoms with Crippen molar-refractivity contribution in [3.8, 4) is 6.07 Å². The van der Waals surface area contributed by atoms with E-state index in [-0.39, 0.29) is 11.5 Å². The molecule has 6 nitrogen and oxygen atoms in total. The van der Waals surface area contributed by atoms with E-state index >= 15 is 0 Å². The molecule has 0 bridgehead atoms. The van der Waals surface area contributed by atoms with Crippen LogP contribution in [0.25, 0.3) is 0 Å². The summed E-state index contributed by atoms with van der Waals surface area (Å²) < 4.78 is 0. The quantitative estimate of drug-likeness (QED) is 0.451. The van der Waals surface area contributed by atoms with Crippen molar-refractivity contribution in [2.45, 2.75) is 19.8 Å². The van der Waals surface area contributed by atoms with Crippen LogP contribution in [0.2, 0.25) is 5.02 Å². The number of amidine groups is 1. The van der Waals surface area contributed by atoms with E-state index in [0.29, 0.717) is 16.6 Å². The molecule has 1 aromatic rings. The molecule has 0 aliphatic carbocycles. The van der Waals surface area contributed by atoms with Gasteiger partial charge in [-0.15, -0.1) is 0 Å². The molecule has 7 heteroatoms. The lowest BCUT2D eigenvalue weighted by atomic mass is 10.00. The summed E-state index contributed by atoms with van der Waals surface area (Å²) in [5.41, 5.74) is 9.42. The van der Waals surface area contributed by atoms with Gasteiger partial charge in [0.1, 0.15) is 6.07 Å². The first-order valence-corrected chi connectivity index (χ1v) is 7.51. The predicted molar refractivity (Wildman–Crippen MR) is 90.6 cm³/mol. The summed E-state index contributed by atoms with van der Waals surface area (Å²) in [4.78, 5) is 2.29. The van der Waals surface area contributed by atoms with E-state index in [1.807, 2.05) is 12.1 Å². The molecule has 1 aromatic carbocycles. The third-order valence-electron chi connectivity index (χ3n) is 3.60. The van der Waals surface area contributed by atoms with Gasteiger partial charge >= 0.3 is 0 Å². The minimum absolute atomic E-state index is 0.162. The predicted octanol–water partition coefficient (Wildman–Crippen LogP) is 2.80. The number of nitrogens with two attached hydrogens (primary N) is 1. The molecule has 2 rings (SSSR count). The summed E-state index contributed by atoms with van der Waals surface area (Å²) in [5, 5.41) is 20.4. The molecule has 0 aromatic heterocycles. The van der Waals surface area contributed by atoms with Crippen molar-refractivity contribution in [2.24, 2.45) is 16.8 Å². The van der Waals surface area contributed by atoms with Gasteiger partial charge in [-0.1, -0.05) is 18.5 Å². The fraction of sp³-hybridized carbons (Fsp3) is 0.400. The van der Waals surface area contributed by atoms with Gasteiger partial charge in [0, 0.05) is 13.1 Å². The van der Waals surface area contributed by atoms with Crippen LogP contribution in [-0.2, 0) is 0 Å². The maximum Gasteiger partial charge on any atom is 0.201 e. The molecule has 1 aliphatic heterocycles. The van der Waals surface area contributed by atoms with E-state index in [2.05, 4.69) is 22.4 Å². The fourth-order valence-electron chi connectivity index (χ4n) is 2.51. The average molecular weight is 319 g/mol. The Hall–Kier alpha value is -2.26. The zero-order valence-electron chi connectivity index (χ0n) is 12.4. The van der Waals surface area contributed by atoms with Crippen molar-refractivity contribution in [2.75, 3.05) is 23.4 Å². The zero-order chi connectivity index (χ0) is 16.1. The second-order valence-corrected chi connectivity index (χ2v) is 5.86. The molecule has 1 atom stereocenters. The number of nitrogens with zero attached hydrogens (tertiary/aromatic N) is 3. The van der Waals surface area contributed by atoms with Gasteiger partial charge in [0.05, 0.1) is 16.4 Å². The van der Waals surface area contributed by atoms with E-state index in [4.69, 9.17) is 28.0 Å². The van der Waals surface area contributed by atoms with Crippen molar-refractivity contribution < 1.29 is 0 Å². The zero-order valence-corrected chi connectivity index (χ0v) is 13.2. The number of rotatable bonds is 4. The highest BCUT2D eigenvalue weighted by atomic mass is 35.5. The summed E-state index contributed by atoms with van der Waals surface area (Å²) in [6.45, 7) is 4.27. The number of benzene rings is 1. The van der Waals surface area contributed by atoms with Gasteiger partial charge in [-0.05, 0) is 37.0 Å². The van der Waals surface area contributed by atoms with Crippen molar-refractivity contribution in [1.82, 2.24) is 0 Å². The number of piperidine rings is 1. The summed E-state index contributed by atoms with van der Waals surface area (Å²) in [5.74, 6) is 0.293. The van der Waals surface area contributed by atoms with Crippen LogP contribution in [0.5, 0.6) is 0 Å². The van der Waals surface area contributed by atoms with Crippen molar-refractivity contribution in [3.05, 3.63) is 23.2 Å². The monoisotopic (exact) mass is 318 g/mol.